The quantitative estimate of drug-likeness (QED) is 0.758. The van der Waals surface area contributed by atoms with Crippen molar-refractivity contribution in [1.82, 2.24) is 15.5 Å². The molecule has 1 amide bonds. The zero-order valence-electron chi connectivity index (χ0n) is 11.8. The minimum Gasteiger partial charge on any atom is -0.478 e. The Kier molecular flexibility index (Phi) is 5.26. The van der Waals surface area contributed by atoms with Crippen LogP contribution < -0.4 is 5.32 Å². The number of carboxylic acid groups (broad SMARTS) is 1. The van der Waals surface area contributed by atoms with Gasteiger partial charge in [-0.2, -0.15) is 4.98 Å². The molecule has 1 aromatic heterocycles. The molecule has 1 aromatic carbocycles. The lowest BCUT2D eigenvalue weighted by Gasteiger charge is -2.06. The molecule has 0 fully saturated rings. The largest absolute Gasteiger partial charge is 0.478 e. The molecule has 0 atom stereocenters. The van der Waals surface area contributed by atoms with E-state index in [2.05, 4.69) is 31.4 Å². The number of hydrogen-bond donors (Lipinski definition) is 2. The Morgan fingerprint density at radius 2 is 2.05 bits per heavy atom. The topological polar surface area (TPSA) is 105 Å². The molecule has 2 N–H and O–H groups in total. The Balaban J connectivity index is 1.88. The summed E-state index contributed by atoms with van der Waals surface area (Å²) in [5.74, 6) is -0.302. The molecule has 0 aliphatic rings. The minimum absolute atomic E-state index is 0.0564. The van der Waals surface area contributed by atoms with Crippen molar-refractivity contribution >= 4 is 27.8 Å². The van der Waals surface area contributed by atoms with Crippen LogP contribution in [0.3, 0.4) is 0 Å². The first-order valence-electron chi connectivity index (χ1n) is 6.57. The Morgan fingerprint density at radius 1 is 1.32 bits per heavy atom. The van der Waals surface area contributed by atoms with Gasteiger partial charge in [-0.1, -0.05) is 21.1 Å². The fourth-order valence-corrected chi connectivity index (χ4v) is 2.32. The summed E-state index contributed by atoms with van der Waals surface area (Å²) in [5, 5.41) is 15.4. The number of aryl methyl sites for hydroxylation is 2. The molecule has 0 spiro atoms. The maximum absolute atomic E-state index is 12.0. The van der Waals surface area contributed by atoms with E-state index in [-0.39, 0.29) is 11.5 Å². The summed E-state index contributed by atoms with van der Waals surface area (Å²) in [6, 6.07) is 4.35. The molecule has 0 aliphatic heterocycles. The van der Waals surface area contributed by atoms with Gasteiger partial charge in [0, 0.05) is 23.0 Å². The maximum Gasteiger partial charge on any atom is 0.335 e. The number of carboxylic acids is 1. The second kappa shape index (κ2) is 7.17. The van der Waals surface area contributed by atoms with E-state index in [1.165, 1.54) is 12.1 Å². The van der Waals surface area contributed by atoms with Crippen molar-refractivity contribution < 1.29 is 19.2 Å². The van der Waals surface area contributed by atoms with Crippen LogP contribution in [0.15, 0.2) is 27.2 Å². The Labute approximate surface area is 134 Å². The van der Waals surface area contributed by atoms with Crippen molar-refractivity contribution in [3.8, 4) is 0 Å². The smallest absolute Gasteiger partial charge is 0.335 e. The molecule has 0 unspecified atom stereocenters. The van der Waals surface area contributed by atoms with Crippen LogP contribution in [0.25, 0.3) is 0 Å². The van der Waals surface area contributed by atoms with E-state index < -0.39 is 5.97 Å². The highest BCUT2D eigenvalue weighted by atomic mass is 79.9. The standard InChI is InChI=1S/C14H14BrN3O4/c1-8-17-12(22-18-8)3-2-4-16-13(19)9-5-10(14(20)21)7-11(15)6-9/h5-7H,2-4H2,1H3,(H,16,19)(H,20,21). The van der Waals surface area contributed by atoms with Crippen molar-refractivity contribution in [2.45, 2.75) is 19.8 Å². The van der Waals surface area contributed by atoms with E-state index in [1.54, 1.807) is 13.0 Å². The lowest BCUT2D eigenvalue weighted by Crippen LogP contribution is -2.25. The number of amides is 1. The number of aromatic nitrogens is 2. The Morgan fingerprint density at radius 3 is 2.68 bits per heavy atom. The van der Waals surface area contributed by atoms with Crippen LogP contribution in [0.4, 0.5) is 0 Å². The van der Waals surface area contributed by atoms with Gasteiger partial charge >= 0.3 is 5.97 Å². The normalized spacial score (nSPS) is 10.5. The monoisotopic (exact) mass is 367 g/mol. The van der Waals surface area contributed by atoms with Crippen LogP contribution in [-0.2, 0) is 6.42 Å². The molecule has 2 rings (SSSR count). The number of carbonyl (C=O) groups is 2. The van der Waals surface area contributed by atoms with Crippen LogP contribution in [-0.4, -0.2) is 33.7 Å². The minimum atomic E-state index is -1.08. The van der Waals surface area contributed by atoms with Gasteiger partial charge in [-0.25, -0.2) is 4.79 Å². The predicted octanol–water partition coefficient (Wildman–Crippen LogP) is 2.20. The lowest BCUT2D eigenvalue weighted by atomic mass is 10.1. The number of aromatic carboxylic acids is 1. The number of hydrogen-bond acceptors (Lipinski definition) is 5. The van der Waals surface area contributed by atoms with Crippen LogP contribution in [0, 0.1) is 6.92 Å². The number of carbonyl (C=O) groups excluding carboxylic acids is 1. The summed E-state index contributed by atoms with van der Waals surface area (Å²) in [6.45, 7) is 2.16. The summed E-state index contributed by atoms with van der Waals surface area (Å²) in [6.07, 6.45) is 1.22. The average Bonchev–Trinajstić information content (AvgIpc) is 2.88. The van der Waals surface area contributed by atoms with Crippen molar-refractivity contribution in [1.29, 1.82) is 0 Å². The van der Waals surface area contributed by atoms with E-state index in [0.717, 1.165) is 0 Å². The van der Waals surface area contributed by atoms with Gasteiger partial charge in [0.05, 0.1) is 5.56 Å². The van der Waals surface area contributed by atoms with E-state index in [9.17, 15) is 9.59 Å². The van der Waals surface area contributed by atoms with Gasteiger partial charge < -0.3 is 14.9 Å². The lowest BCUT2D eigenvalue weighted by molar-refractivity contribution is 0.0697. The average molecular weight is 368 g/mol. The SMILES string of the molecule is Cc1noc(CCCNC(=O)c2cc(Br)cc(C(=O)O)c2)n1. The Hall–Kier alpha value is -2.22. The van der Waals surface area contributed by atoms with Gasteiger partial charge in [-0.15, -0.1) is 0 Å². The number of halogens is 1. The third kappa shape index (κ3) is 4.39. The first kappa shape index (κ1) is 16.2. The van der Waals surface area contributed by atoms with Crippen molar-refractivity contribution in [2.24, 2.45) is 0 Å². The van der Waals surface area contributed by atoms with E-state index >= 15 is 0 Å². The molecule has 1 heterocycles. The third-order valence-electron chi connectivity index (χ3n) is 2.83. The van der Waals surface area contributed by atoms with Crippen molar-refractivity contribution in [3.63, 3.8) is 0 Å². The van der Waals surface area contributed by atoms with Gasteiger partial charge in [0.25, 0.3) is 5.91 Å². The van der Waals surface area contributed by atoms with Crippen molar-refractivity contribution in [2.75, 3.05) is 6.54 Å². The van der Waals surface area contributed by atoms with Gasteiger partial charge in [-0.05, 0) is 31.5 Å². The highest BCUT2D eigenvalue weighted by Crippen LogP contribution is 2.16. The fraction of sp³-hybridized carbons (Fsp3) is 0.286. The second-order valence-corrected chi connectivity index (χ2v) is 5.54. The molecule has 0 saturated carbocycles. The van der Waals surface area contributed by atoms with Gasteiger partial charge in [0.1, 0.15) is 0 Å². The van der Waals surface area contributed by atoms with Crippen LogP contribution in [0.5, 0.6) is 0 Å². The summed E-state index contributed by atoms with van der Waals surface area (Å²) in [5.41, 5.74) is 0.348. The molecular weight excluding hydrogens is 354 g/mol. The first-order valence-corrected chi connectivity index (χ1v) is 7.36. The highest BCUT2D eigenvalue weighted by molar-refractivity contribution is 9.10. The molecule has 0 radical (unpaired) electrons. The summed E-state index contributed by atoms with van der Waals surface area (Å²) in [7, 11) is 0. The zero-order valence-corrected chi connectivity index (χ0v) is 13.4. The molecule has 0 saturated heterocycles. The Bertz CT molecular complexity index is 699. The van der Waals surface area contributed by atoms with Gasteiger partial charge in [-0.3, -0.25) is 4.79 Å². The van der Waals surface area contributed by atoms with E-state index in [1.807, 2.05) is 0 Å². The molecule has 116 valence electrons. The molecule has 8 heteroatoms. The molecule has 2 aromatic rings. The van der Waals surface area contributed by atoms with Crippen LogP contribution in [0.2, 0.25) is 0 Å². The molecule has 0 aliphatic carbocycles. The van der Waals surface area contributed by atoms with Crippen molar-refractivity contribution in [3.05, 3.63) is 45.5 Å². The summed E-state index contributed by atoms with van der Waals surface area (Å²) < 4.78 is 5.51. The van der Waals surface area contributed by atoms with Crippen LogP contribution in [0.1, 0.15) is 38.9 Å². The van der Waals surface area contributed by atoms with E-state index in [0.29, 0.717) is 41.1 Å². The van der Waals surface area contributed by atoms with E-state index in [4.69, 9.17) is 9.63 Å². The fourth-order valence-electron chi connectivity index (χ4n) is 1.83. The number of nitrogens with one attached hydrogen (secondary N) is 1. The molecule has 0 bridgehead atoms. The number of nitrogens with zero attached hydrogens (tertiary/aromatic N) is 2. The number of benzene rings is 1. The maximum atomic E-state index is 12.0. The third-order valence-corrected chi connectivity index (χ3v) is 3.29. The second-order valence-electron chi connectivity index (χ2n) is 4.63. The molecule has 22 heavy (non-hydrogen) atoms. The van der Waals surface area contributed by atoms with Gasteiger partial charge in [0.15, 0.2) is 5.82 Å². The molecule has 7 nitrogen and oxygen atoms in total. The molecular formula is C14H14BrN3O4. The highest BCUT2D eigenvalue weighted by Gasteiger charge is 2.11. The number of rotatable bonds is 6. The summed E-state index contributed by atoms with van der Waals surface area (Å²) >= 11 is 3.19. The predicted molar refractivity (Wildman–Crippen MR) is 80.8 cm³/mol. The first-order chi connectivity index (χ1) is 10.5. The van der Waals surface area contributed by atoms with Gasteiger partial charge in [0.2, 0.25) is 5.89 Å². The summed E-state index contributed by atoms with van der Waals surface area (Å²) in [4.78, 5) is 27.0. The van der Waals surface area contributed by atoms with Crippen LogP contribution >= 0.6 is 15.9 Å². The zero-order chi connectivity index (χ0) is 16.1.